The molecule has 1 aromatic carbocycles. The molecule has 0 saturated heterocycles. The van der Waals surface area contributed by atoms with Gasteiger partial charge in [-0.25, -0.2) is 0 Å². The minimum Gasteiger partial charge on any atom is -0.482 e. The number of hydrogen-bond acceptors (Lipinski definition) is 4. The number of rotatable bonds is 3. The van der Waals surface area contributed by atoms with Crippen molar-refractivity contribution in [2.75, 3.05) is 30.4 Å². The number of hydrogen-bond donors (Lipinski definition) is 2. The Bertz CT molecular complexity index is 506. The molecule has 1 fully saturated rings. The van der Waals surface area contributed by atoms with Gasteiger partial charge in [-0.2, -0.15) is 0 Å². The molecule has 1 aliphatic heterocycles. The fraction of sp³-hybridized carbons (Fsp3) is 0.500. The first kappa shape index (κ1) is 12.3. The summed E-state index contributed by atoms with van der Waals surface area (Å²) in [5, 5.41) is 9.56. The zero-order valence-electron chi connectivity index (χ0n) is 10.8. The summed E-state index contributed by atoms with van der Waals surface area (Å²) in [7, 11) is 0. The summed E-state index contributed by atoms with van der Waals surface area (Å²) in [6.45, 7) is 0.718. The maximum Gasteiger partial charge on any atom is 0.265 e. The molecule has 5 nitrogen and oxygen atoms in total. The predicted molar refractivity (Wildman–Crippen MR) is 72.1 cm³/mol. The summed E-state index contributed by atoms with van der Waals surface area (Å²) in [4.78, 5) is 13.8. The molecule has 1 aromatic rings. The number of anilines is 2. The van der Waals surface area contributed by atoms with E-state index >= 15 is 0 Å². The van der Waals surface area contributed by atoms with Crippen molar-refractivity contribution in [2.24, 2.45) is 5.41 Å². The second-order valence-electron chi connectivity index (χ2n) is 5.51. The maximum absolute atomic E-state index is 12.1. The monoisotopic (exact) mass is 262 g/mol. The fourth-order valence-corrected chi connectivity index (χ4v) is 2.77. The summed E-state index contributed by atoms with van der Waals surface area (Å²) in [6, 6.07) is 5.31. The lowest BCUT2D eigenvalue weighted by Crippen LogP contribution is -2.49. The number of aliphatic hydroxyl groups excluding tert-OH is 1. The standard InChI is InChI=1S/C14H18N2O3/c15-10-2-3-12-11(6-10)16(13(18)7-19-12)8-14(9-17)4-1-5-14/h2-3,6,17H,1,4-5,7-9,15H2. The lowest BCUT2D eigenvalue weighted by atomic mass is 9.69. The smallest absolute Gasteiger partial charge is 0.265 e. The van der Waals surface area contributed by atoms with Crippen molar-refractivity contribution in [3.63, 3.8) is 0 Å². The molecular weight excluding hydrogens is 244 g/mol. The Morgan fingerprint density at radius 1 is 1.42 bits per heavy atom. The summed E-state index contributed by atoms with van der Waals surface area (Å²) in [6.07, 6.45) is 3.04. The highest BCUT2D eigenvalue weighted by molar-refractivity contribution is 5.98. The van der Waals surface area contributed by atoms with Crippen molar-refractivity contribution in [1.29, 1.82) is 0 Å². The minimum absolute atomic E-state index is 0.0540. The number of nitrogens with two attached hydrogens (primary N) is 1. The van der Waals surface area contributed by atoms with Gasteiger partial charge in [-0.1, -0.05) is 6.42 Å². The van der Waals surface area contributed by atoms with Crippen LogP contribution >= 0.6 is 0 Å². The molecule has 3 N–H and O–H groups in total. The van der Waals surface area contributed by atoms with Gasteiger partial charge in [-0.3, -0.25) is 4.79 Å². The van der Waals surface area contributed by atoms with Gasteiger partial charge in [0.25, 0.3) is 5.91 Å². The van der Waals surface area contributed by atoms with Crippen LogP contribution in [0, 0.1) is 5.41 Å². The Balaban J connectivity index is 1.92. The Labute approximate surface area is 112 Å². The Morgan fingerprint density at radius 3 is 2.84 bits per heavy atom. The highest BCUT2D eigenvalue weighted by Crippen LogP contribution is 2.44. The molecule has 1 saturated carbocycles. The van der Waals surface area contributed by atoms with Crippen LogP contribution in [0.3, 0.4) is 0 Å². The summed E-state index contributed by atoms with van der Waals surface area (Å²) < 4.78 is 5.41. The molecule has 2 aliphatic rings. The largest absolute Gasteiger partial charge is 0.482 e. The van der Waals surface area contributed by atoms with Crippen LogP contribution in [0.5, 0.6) is 5.75 Å². The summed E-state index contributed by atoms with van der Waals surface area (Å²) >= 11 is 0. The third kappa shape index (κ3) is 2.04. The third-order valence-electron chi connectivity index (χ3n) is 4.17. The first-order chi connectivity index (χ1) is 9.13. The molecule has 0 aromatic heterocycles. The van der Waals surface area contributed by atoms with Crippen LogP contribution < -0.4 is 15.4 Å². The van der Waals surface area contributed by atoms with Crippen LogP contribution in [0.2, 0.25) is 0 Å². The van der Waals surface area contributed by atoms with Gasteiger partial charge in [0.2, 0.25) is 0 Å². The molecule has 1 amide bonds. The van der Waals surface area contributed by atoms with Crippen molar-refractivity contribution in [2.45, 2.75) is 19.3 Å². The number of aliphatic hydroxyl groups is 1. The van der Waals surface area contributed by atoms with Crippen molar-refractivity contribution in [3.05, 3.63) is 18.2 Å². The van der Waals surface area contributed by atoms with Crippen LogP contribution in [0.25, 0.3) is 0 Å². The number of carbonyl (C=O) groups excluding carboxylic acids is 1. The number of ether oxygens (including phenoxy) is 1. The molecule has 0 unspecified atom stereocenters. The summed E-state index contributed by atoms with van der Waals surface area (Å²) in [5.41, 5.74) is 6.97. The van der Waals surface area contributed by atoms with Gasteiger partial charge in [-0.15, -0.1) is 0 Å². The maximum atomic E-state index is 12.1. The molecule has 0 spiro atoms. The third-order valence-corrected chi connectivity index (χ3v) is 4.17. The second kappa shape index (κ2) is 4.42. The first-order valence-electron chi connectivity index (χ1n) is 6.57. The normalized spacial score (nSPS) is 20.5. The van der Waals surface area contributed by atoms with E-state index in [1.54, 1.807) is 23.1 Å². The number of nitrogens with zero attached hydrogens (tertiary/aromatic N) is 1. The van der Waals surface area contributed by atoms with Crippen molar-refractivity contribution >= 4 is 17.3 Å². The predicted octanol–water partition coefficient (Wildman–Crippen LogP) is 1.16. The molecule has 3 rings (SSSR count). The molecule has 0 atom stereocenters. The van der Waals surface area contributed by atoms with Crippen LogP contribution in [0.15, 0.2) is 18.2 Å². The van der Waals surface area contributed by atoms with Gasteiger partial charge in [0.15, 0.2) is 6.61 Å². The highest BCUT2D eigenvalue weighted by Gasteiger charge is 2.41. The van der Waals surface area contributed by atoms with Crippen molar-refractivity contribution in [1.82, 2.24) is 0 Å². The molecule has 5 heteroatoms. The van der Waals surface area contributed by atoms with Crippen LogP contribution in [0.4, 0.5) is 11.4 Å². The average Bonchev–Trinajstić information content (AvgIpc) is 2.36. The quantitative estimate of drug-likeness (QED) is 0.801. The molecule has 102 valence electrons. The van der Waals surface area contributed by atoms with E-state index in [9.17, 15) is 9.90 Å². The number of nitrogen functional groups attached to an aromatic ring is 1. The molecule has 0 bridgehead atoms. The highest BCUT2D eigenvalue weighted by atomic mass is 16.5. The van der Waals surface area contributed by atoms with Crippen LogP contribution in [-0.2, 0) is 4.79 Å². The number of carbonyl (C=O) groups is 1. The number of amides is 1. The van der Waals surface area contributed by atoms with E-state index in [-0.39, 0.29) is 24.5 Å². The van der Waals surface area contributed by atoms with E-state index in [1.165, 1.54) is 0 Å². The summed E-state index contributed by atoms with van der Waals surface area (Å²) in [5.74, 6) is 0.610. The van der Waals surface area contributed by atoms with E-state index in [4.69, 9.17) is 10.5 Å². The van der Waals surface area contributed by atoms with Gasteiger partial charge in [0.05, 0.1) is 12.3 Å². The first-order valence-corrected chi connectivity index (χ1v) is 6.57. The lowest BCUT2D eigenvalue weighted by molar-refractivity contribution is -0.122. The van der Waals surface area contributed by atoms with E-state index in [2.05, 4.69) is 0 Å². The molecule has 1 aliphatic carbocycles. The second-order valence-corrected chi connectivity index (χ2v) is 5.51. The van der Waals surface area contributed by atoms with Gasteiger partial charge >= 0.3 is 0 Å². The zero-order chi connectivity index (χ0) is 13.5. The molecule has 19 heavy (non-hydrogen) atoms. The molecule has 1 heterocycles. The Kier molecular flexibility index (Phi) is 2.86. The van der Waals surface area contributed by atoms with Crippen molar-refractivity contribution in [3.8, 4) is 5.75 Å². The topological polar surface area (TPSA) is 75.8 Å². The van der Waals surface area contributed by atoms with Gasteiger partial charge in [0, 0.05) is 17.6 Å². The van der Waals surface area contributed by atoms with E-state index in [0.29, 0.717) is 18.0 Å². The Morgan fingerprint density at radius 2 is 2.21 bits per heavy atom. The van der Waals surface area contributed by atoms with E-state index < -0.39 is 0 Å². The molecular formula is C14H18N2O3. The average molecular weight is 262 g/mol. The lowest BCUT2D eigenvalue weighted by Gasteiger charge is -2.44. The van der Waals surface area contributed by atoms with Gasteiger partial charge in [-0.05, 0) is 31.0 Å². The van der Waals surface area contributed by atoms with E-state index in [1.807, 2.05) is 0 Å². The van der Waals surface area contributed by atoms with E-state index in [0.717, 1.165) is 24.9 Å². The van der Waals surface area contributed by atoms with Gasteiger partial charge in [0.1, 0.15) is 5.75 Å². The number of benzene rings is 1. The fourth-order valence-electron chi connectivity index (χ4n) is 2.77. The zero-order valence-corrected chi connectivity index (χ0v) is 10.8. The minimum atomic E-state index is -0.144. The van der Waals surface area contributed by atoms with Crippen molar-refractivity contribution < 1.29 is 14.6 Å². The Hall–Kier alpha value is -1.75. The molecule has 0 radical (unpaired) electrons. The number of fused-ring (bicyclic) bond motifs is 1. The SMILES string of the molecule is Nc1ccc2c(c1)N(CC1(CO)CCC1)C(=O)CO2. The van der Waals surface area contributed by atoms with Crippen LogP contribution in [0.1, 0.15) is 19.3 Å². The van der Waals surface area contributed by atoms with Crippen LogP contribution in [-0.4, -0.2) is 30.8 Å². The van der Waals surface area contributed by atoms with Gasteiger partial charge < -0.3 is 20.5 Å².